The second-order valence-corrected chi connectivity index (χ2v) is 2.28. The number of rotatable bonds is 0. The normalized spacial score (nSPS) is 28.3. The van der Waals surface area contributed by atoms with Crippen LogP contribution in [0.25, 0.3) is 0 Å². The fraction of sp³-hybridized carbons (Fsp3) is 1.00. The Morgan fingerprint density at radius 1 is 1.22 bits per heavy atom. The highest BCUT2D eigenvalue weighted by Crippen LogP contribution is 2.07. The molecule has 0 amide bonds. The SMILES string of the molecule is Cl.FC1CCCNCC1. The van der Waals surface area contributed by atoms with Crippen molar-refractivity contribution in [1.29, 1.82) is 0 Å². The third kappa shape index (κ3) is 3.71. The first kappa shape index (κ1) is 9.18. The number of hydrogen-bond donors (Lipinski definition) is 1. The van der Waals surface area contributed by atoms with Gasteiger partial charge >= 0.3 is 0 Å². The number of halogens is 2. The van der Waals surface area contributed by atoms with E-state index in [1.54, 1.807) is 0 Å². The van der Waals surface area contributed by atoms with E-state index in [0.29, 0.717) is 6.42 Å². The van der Waals surface area contributed by atoms with Gasteiger partial charge < -0.3 is 5.32 Å². The van der Waals surface area contributed by atoms with Crippen LogP contribution in [-0.2, 0) is 0 Å². The molecule has 0 spiro atoms. The summed E-state index contributed by atoms with van der Waals surface area (Å²) in [5, 5.41) is 3.14. The van der Waals surface area contributed by atoms with Crippen LogP contribution in [0, 0.1) is 0 Å². The van der Waals surface area contributed by atoms with Crippen LogP contribution in [0.3, 0.4) is 0 Å². The molecular weight excluding hydrogens is 141 g/mol. The monoisotopic (exact) mass is 153 g/mol. The molecule has 9 heavy (non-hydrogen) atoms. The molecule has 1 N–H and O–H groups in total. The molecule has 1 atom stereocenters. The average molecular weight is 154 g/mol. The standard InChI is InChI=1S/C6H12FN.ClH/c7-6-2-1-4-8-5-3-6;/h6,8H,1-5H2;1H. The molecule has 0 aliphatic carbocycles. The van der Waals surface area contributed by atoms with Gasteiger partial charge in [-0.2, -0.15) is 0 Å². The summed E-state index contributed by atoms with van der Waals surface area (Å²) in [6.45, 7) is 1.86. The molecule has 0 bridgehead atoms. The van der Waals surface area contributed by atoms with Gasteiger partial charge in [-0.25, -0.2) is 4.39 Å². The highest BCUT2D eigenvalue weighted by atomic mass is 35.5. The lowest BCUT2D eigenvalue weighted by Gasteiger charge is -1.98. The lowest BCUT2D eigenvalue weighted by Crippen LogP contribution is -2.14. The van der Waals surface area contributed by atoms with Crippen LogP contribution < -0.4 is 5.32 Å². The fourth-order valence-electron chi connectivity index (χ4n) is 0.977. The molecule has 0 radical (unpaired) electrons. The van der Waals surface area contributed by atoms with Crippen molar-refractivity contribution in [1.82, 2.24) is 5.32 Å². The van der Waals surface area contributed by atoms with Crippen molar-refractivity contribution in [2.75, 3.05) is 13.1 Å². The second-order valence-electron chi connectivity index (χ2n) is 2.28. The zero-order valence-corrected chi connectivity index (χ0v) is 6.22. The maximum Gasteiger partial charge on any atom is 0.101 e. The zero-order valence-electron chi connectivity index (χ0n) is 5.40. The molecule has 0 saturated carbocycles. The first-order valence-electron chi connectivity index (χ1n) is 3.24. The smallest absolute Gasteiger partial charge is 0.101 e. The fourth-order valence-corrected chi connectivity index (χ4v) is 0.977. The van der Waals surface area contributed by atoms with Crippen molar-refractivity contribution in [3.8, 4) is 0 Å². The Labute approximate surface area is 61.4 Å². The lowest BCUT2D eigenvalue weighted by molar-refractivity contribution is 0.307. The van der Waals surface area contributed by atoms with E-state index in [2.05, 4.69) is 5.32 Å². The largest absolute Gasteiger partial charge is 0.317 e. The Morgan fingerprint density at radius 3 is 2.78 bits per heavy atom. The summed E-state index contributed by atoms with van der Waals surface area (Å²) >= 11 is 0. The van der Waals surface area contributed by atoms with Gasteiger partial charge in [0.1, 0.15) is 6.17 Å². The Kier molecular flexibility index (Phi) is 5.10. The van der Waals surface area contributed by atoms with Crippen molar-refractivity contribution in [2.24, 2.45) is 0 Å². The van der Waals surface area contributed by atoms with Crippen LogP contribution in [0.5, 0.6) is 0 Å². The summed E-state index contributed by atoms with van der Waals surface area (Å²) in [6, 6.07) is 0. The molecular formula is C6H13ClFN. The molecule has 0 aromatic rings. The molecule has 0 aromatic carbocycles. The molecule has 1 rings (SSSR count). The number of hydrogen-bond acceptors (Lipinski definition) is 1. The quantitative estimate of drug-likeness (QED) is 0.557. The van der Waals surface area contributed by atoms with E-state index in [0.717, 1.165) is 25.9 Å². The van der Waals surface area contributed by atoms with E-state index in [9.17, 15) is 4.39 Å². The molecule has 1 aliphatic heterocycles. The summed E-state index contributed by atoms with van der Waals surface area (Å²) < 4.78 is 12.4. The van der Waals surface area contributed by atoms with Crippen LogP contribution in [-0.4, -0.2) is 19.3 Å². The van der Waals surface area contributed by atoms with E-state index in [1.807, 2.05) is 0 Å². The topological polar surface area (TPSA) is 12.0 Å². The van der Waals surface area contributed by atoms with Crippen LogP contribution in [0.15, 0.2) is 0 Å². The van der Waals surface area contributed by atoms with Gasteiger partial charge in [0.2, 0.25) is 0 Å². The van der Waals surface area contributed by atoms with E-state index in [4.69, 9.17) is 0 Å². The Bertz CT molecular complexity index is 62.1. The van der Waals surface area contributed by atoms with Gasteiger partial charge in [-0.3, -0.25) is 0 Å². The van der Waals surface area contributed by atoms with Crippen LogP contribution in [0.2, 0.25) is 0 Å². The Morgan fingerprint density at radius 2 is 2.00 bits per heavy atom. The van der Waals surface area contributed by atoms with Gasteiger partial charge in [-0.1, -0.05) is 0 Å². The Balaban J connectivity index is 0.000000640. The van der Waals surface area contributed by atoms with Crippen molar-refractivity contribution < 1.29 is 4.39 Å². The molecule has 1 saturated heterocycles. The van der Waals surface area contributed by atoms with Crippen LogP contribution in [0.4, 0.5) is 4.39 Å². The predicted molar refractivity (Wildman–Crippen MR) is 38.9 cm³/mol. The van der Waals surface area contributed by atoms with Gasteiger partial charge in [0.25, 0.3) is 0 Å². The van der Waals surface area contributed by atoms with E-state index in [1.165, 1.54) is 0 Å². The van der Waals surface area contributed by atoms with Crippen molar-refractivity contribution in [3.05, 3.63) is 0 Å². The molecule has 1 unspecified atom stereocenters. The molecule has 1 heterocycles. The predicted octanol–water partition coefficient (Wildman–Crippen LogP) is 1.52. The molecule has 3 heteroatoms. The maximum absolute atomic E-state index is 12.4. The van der Waals surface area contributed by atoms with Gasteiger partial charge in [0.15, 0.2) is 0 Å². The summed E-state index contributed by atoms with van der Waals surface area (Å²) in [5.41, 5.74) is 0. The summed E-state index contributed by atoms with van der Waals surface area (Å²) in [5.74, 6) is 0. The van der Waals surface area contributed by atoms with Crippen LogP contribution in [0.1, 0.15) is 19.3 Å². The van der Waals surface area contributed by atoms with Crippen molar-refractivity contribution >= 4 is 12.4 Å². The Hall–Kier alpha value is 0.180. The molecule has 56 valence electrons. The highest BCUT2D eigenvalue weighted by Gasteiger charge is 2.08. The van der Waals surface area contributed by atoms with Crippen LogP contribution >= 0.6 is 12.4 Å². The third-order valence-corrected chi connectivity index (χ3v) is 1.51. The zero-order chi connectivity index (χ0) is 5.82. The molecule has 1 fully saturated rings. The third-order valence-electron chi connectivity index (χ3n) is 1.51. The number of alkyl halides is 1. The minimum absolute atomic E-state index is 0. The summed E-state index contributed by atoms with van der Waals surface area (Å²) in [6.07, 6.45) is 1.93. The van der Waals surface area contributed by atoms with Crippen molar-refractivity contribution in [3.63, 3.8) is 0 Å². The number of nitrogens with one attached hydrogen (secondary N) is 1. The van der Waals surface area contributed by atoms with Crippen molar-refractivity contribution in [2.45, 2.75) is 25.4 Å². The highest BCUT2D eigenvalue weighted by molar-refractivity contribution is 5.85. The minimum atomic E-state index is -0.537. The second kappa shape index (κ2) is 5.00. The maximum atomic E-state index is 12.4. The van der Waals surface area contributed by atoms with E-state index in [-0.39, 0.29) is 12.4 Å². The van der Waals surface area contributed by atoms with Gasteiger partial charge in [-0.15, -0.1) is 12.4 Å². The lowest BCUT2D eigenvalue weighted by atomic mass is 10.2. The van der Waals surface area contributed by atoms with Gasteiger partial charge in [0, 0.05) is 0 Å². The first-order chi connectivity index (χ1) is 3.89. The minimum Gasteiger partial charge on any atom is -0.317 e. The average Bonchev–Trinajstić information content (AvgIpc) is 1.94. The van der Waals surface area contributed by atoms with Gasteiger partial charge in [-0.05, 0) is 32.4 Å². The van der Waals surface area contributed by atoms with E-state index >= 15 is 0 Å². The molecule has 0 aromatic heterocycles. The summed E-state index contributed by atoms with van der Waals surface area (Å²) in [4.78, 5) is 0. The van der Waals surface area contributed by atoms with E-state index < -0.39 is 6.17 Å². The van der Waals surface area contributed by atoms with Gasteiger partial charge in [0.05, 0.1) is 0 Å². The molecule has 1 aliphatic rings. The molecule has 1 nitrogen and oxygen atoms in total. The first-order valence-corrected chi connectivity index (χ1v) is 3.24. The summed E-state index contributed by atoms with van der Waals surface area (Å²) in [7, 11) is 0.